The van der Waals surface area contributed by atoms with Gasteiger partial charge in [0.05, 0.1) is 6.04 Å². The van der Waals surface area contributed by atoms with Gasteiger partial charge in [-0.15, -0.1) is 0 Å². The van der Waals surface area contributed by atoms with E-state index in [0.717, 1.165) is 25.9 Å². The highest BCUT2D eigenvalue weighted by atomic mass is 16.2. The van der Waals surface area contributed by atoms with Crippen LogP contribution < -0.4 is 16.4 Å². The van der Waals surface area contributed by atoms with Crippen LogP contribution in [-0.2, 0) is 4.79 Å². The van der Waals surface area contributed by atoms with Crippen molar-refractivity contribution in [1.82, 2.24) is 15.5 Å². The van der Waals surface area contributed by atoms with Crippen LogP contribution in [0.4, 0.5) is 4.79 Å². The van der Waals surface area contributed by atoms with Gasteiger partial charge in [0.15, 0.2) is 0 Å². The Kier molecular flexibility index (Phi) is 5.04. The first-order valence-corrected chi connectivity index (χ1v) is 5.66. The van der Waals surface area contributed by atoms with Crippen LogP contribution in [0.2, 0.25) is 0 Å². The molecule has 1 unspecified atom stereocenters. The maximum atomic E-state index is 11.8. The van der Waals surface area contributed by atoms with Gasteiger partial charge in [0, 0.05) is 26.2 Å². The van der Waals surface area contributed by atoms with E-state index < -0.39 is 6.03 Å². The van der Waals surface area contributed by atoms with Crippen molar-refractivity contribution >= 4 is 11.9 Å². The molecule has 92 valence electrons. The summed E-state index contributed by atoms with van der Waals surface area (Å²) in [6.45, 7) is 4.55. The van der Waals surface area contributed by atoms with Gasteiger partial charge >= 0.3 is 6.03 Å². The summed E-state index contributed by atoms with van der Waals surface area (Å²) in [5.74, 6) is 0.136. The second-order valence-electron chi connectivity index (χ2n) is 4.00. The molecule has 6 nitrogen and oxygen atoms in total. The fourth-order valence-corrected chi connectivity index (χ4v) is 1.77. The van der Waals surface area contributed by atoms with Gasteiger partial charge in [-0.1, -0.05) is 0 Å². The minimum atomic E-state index is -0.541. The average molecular weight is 228 g/mol. The third-order valence-corrected chi connectivity index (χ3v) is 2.66. The third-order valence-electron chi connectivity index (χ3n) is 2.66. The van der Waals surface area contributed by atoms with Crippen LogP contribution in [0.5, 0.6) is 0 Å². The summed E-state index contributed by atoms with van der Waals surface area (Å²) in [5, 5.41) is 5.51. The molecule has 1 rings (SSSR count). The zero-order valence-electron chi connectivity index (χ0n) is 9.66. The molecule has 1 aliphatic heterocycles. The number of nitrogens with one attached hydrogen (secondary N) is 2. The highest BCUT2D eigenvalue weighted by Gasteiger charge is 2.22. The Hall–Kier alpha value is -1.30. The van der Waals surface area contributed by atoms with Crippen molar-refractivity contribution in [2.24, 2.45) is 5.73 Å². The maximum absolute atomic E-state index is 11.8. The summed E-state index contributed by atoms with van der Waals surface area (Å²) in [5.41, 5.74) is 4.92. The van der Waals surface area contributed by atoms with Crippen LogP contribution in [0, 0.1) is 0 Å². The summed E-state index contributed by atoms with van der Waals surface area (Å²) in [6.07, 6.45) is 2.20. The normalized spacial score (nSPS) is 17.2. The molecule has 1 aliphatic rings. The van der Waals surface area contributed by atoms with Gasteiger partial charge in [0.1, 0.15) is 0 Å². The Morgan fingerprint density at radius 2 is 1.94 bits per heavy atom. The number of nitrogens with zero attached hydrogens (tertiary/aromatic N) is 1. The molecular formula is C10H20N4O2. The molecule has 1 atom stereocenters. The Morgan fingerprint density at radius 1 is 1.31 bits per heavy atom. The lowest BCUT2D eigenvalue weighted by Crippen LogP contribution is -2.46. The molecule has 4 N–H and O–H groups in total. The highest BCUT2D eigenvalue weighted by molar-refractivity contribution is 5.81. The molecule has 16 heavy (non-hydrogen) atoms. The van der Waals surface area contributed by atoms with Gasteiger partial charge in [-0.05, 0) is 19.8 Å². The number of likely N-dealkylation sites (tertiary alicyclic amines) is 1. The maximum Gasteiger partial charge on any atom is 0.312 e. The molecule has 6 heteroatoms. The van der Waals surface area contributed by atoms with Crippen LogP contribution in [0.25, 0.3) is 0 Å². The van der Waals surface area contributed by atoms with Crippen molar-refractivity contribution in [3.05, 3.63) is 0 Å². The van der Waals surface area contributed by atoms with Crippen molar-refractivity contribution < 1.29 is 9.59 Å². The van der Waals surface area contributed by atoms with Gasteiger partial charge in [-0.25, -0.2) is 4.79 Å². The van der Waals surface area contributed by atoms with Crippen molar-refractivity contribution in [2.45, 2.75) is 25.8 Å². The van der Waals surface area contributed by atoms with Crippen molar-refractivity contribution in [3.8, 4) is 0 Å². The Morgan fingerprint density at radius 3 is 2.50 bits per heavy atom. The van der Waals surface area contributed by atoms with Gasteiger partial charge in [0.25, 0.3) is 0 Å². The van der Waals surface area contributed by atoms with Crippen molar-refractivity contribution in [1.29, 1.82) is 0 Å². The summed E-state index contributed by atoms with van der Waals surface area (Å²) < 4.78 is 0. The Bertz CT molecular complexity index is 251. The standard InChI is InChI=1S/C10H20N4O2/c1-8(12-4-5-13-10(11)16)9(15)14-6-2-3-7-14/h8,12H,2-7H2,1H3,(H3,11,13,16). The molecule has 0 aromatic heterocycles. The third kappa shape index (κ3) is 4.06. The first kappa shape index (κ1) is 12.8. The summed E-state index contributed by atoms with van der Waals surface area (Å²) in [7, 11) is 0. The predicted octanol–water partition coefficient (Wildman–Crippen LogP) is -0.745. The van der Waals surface area contributed by atoms with Gasteiger partial charge in [0.2, 0.25) is 5.91 Å². The number of hydrogen-bond acceptors (Lipinski definition) is 3. The average Bonchev–Trinajstić information content (AvgIpc) is 2.76. The minimum absolute atomic E-state index is 0.136. The smallest absolute Gasteiger partial charge is 0.312 e. The molecule has 0 aromatic carbocycles. The van der Waals surface area contributed by atoms with E-state index in [2.05, 4.69) is 10.6 Å². The lowest BCUT2D eigenvalue weighted by molar-refractivity contribution is -0.131. The number of carbonyl (C=O) groups is 2. The molecule has 0 saturated carbocycles. The zero-order chi connectivity index (χ0) is 12.0. The van der Waals surface area contributed by atoms with Crippen LogP contribution in [0.3, 0.4) is 0 Å². The number of carbonyl (C=O) groups excluding carboxylic acids is 2. The molecule has 0 aliphatic carbocycles. The van der Waals surface area contributed by atoms with Gasteiger partial charge in [-0.2, -0.15) is 0 Å². The van der Waals surface area contributed by atoms with E-state index in [9.17, 15) is 9.59 Å². The van der Waals surface area contributed by atoms with E-state index in [0.29, 0.717) is 13.1 Å². The number of nitrogens with two attached hydrogens (primary N) is 1. The molecule has 1 saturated heterocycles. The minimum Gasteiger partial charge on any atom is -0.352 e. The molecule has 1 heterocycles. The van der Waals surface area contributed by atoms with E-state index >= 15 is 0 Å². The number of urea groups is 1. The number of hydrogen-bond donors (Lipinski definition) is 3. The fraction of sp³-hybridized carbons (Fsp3) is 0.800. The van der Waals surface area contributed by atoms with E-state index in [1.807, 2.05) is 11.8 Å². The van der Waals surface area contributed by atoms with Crippen molar-refractivity contribution in [3.63, 3.8) is 0 Å². The molecule has 0 spiro atoms. The van der Waals surface area contributed by atoms with Crippen LogP contribution in [0.1, 0.15) is 19.8 Å². The van der Waals surface area contributed by atoms with Gasteiger partial charge in [-0.3, -0.25) is 4.79 Å². The largest absolute Gasteiger partial charge is 0.352 e. The van der Waals surface area contributed by atoms with E-state index in [4.69, 9.17) is 5.73 Å². The fourth-order valence-electron chi connectivity index (χ4n) is 1.77. The monoisotopic (exact) mass is 228 g/mol. The first-order valence-electron chi connectivity index (χ1n) is 5.66. The summed E-state index contributed by atoms with van der Waals surface area (Å²) >= 11 is 0. The van der Waals surface area contributed by atoms with E-state index in [1.54, 1.807) is 0 Å². The zero-order valence-corrected chi connectivity index (χ0v) is 9.66. The molecular weight excluding hydrogens is 208 g/mol. The molecule has 3 amide bonds. The number of primary amides is 1. The van der Waals surface area contributed by atoms with Crippen LogP contribution in [-0.4, -0.2) is 49.1 Å². The highest BCUT2D eigenvalue weighted by Crippen LogP contribution is 2.08. The Balaban J connectivity index is 2.15. The lowest BCUT2D eigenvalue weighted by Gasteiger charge is -2.21. The second-order valence-corrected chi connectivity index (χ2v) is 4.00. The topological polar surface area (TPSA) is 87.5 Å². The lowest BCUT2D eigenvalue weighted by atomic mass is 10.3. The second kappa shape index (κ2) is 6.32. The van der Waals surface area contributed by atoms with Crippen molar-refractivity contribution in [2.75, 3.05) is 26.2 Å². The number of amides is 3. The Labute approximate surface area is 95.5 Å². The molecule has 1 fully saturated rings. The molecule has 0 bridgehead atoms. The first-order chi connectivity index (χ1) is 7.61. The van der Waals surface area contributed by atoms with Crippen LogP contribution >= 0.6 is 0 Å². The summed E-state index contributed by atoms with van der Waals surface area (Å²) in [4.78, 5) is 24.1. The van der Waals surface area contributed by atoms with Crippen LogP contribution in [0.15, 0.2) is 0 Å². The molecule has 0 aromatic rings. The quantitative estimate of drug-likeness (QED) is 0.541. The van der Waals surface area contributed by atoms with Gasteiger partial charge < -0.3 is 21.3 Å². The van der Waals surface area contributed by atoms with E-state index in [1.165, 1.54) is 0 Å². The van der Waals surface area contributed by atoms with E-state index in [-0.39, 0.29) is 11.9 Å². The number of rotatable bonds is 5. The summed E-state index contributed by atoms with van der Waals surface area (Å²) in [6, 6.07) is -0.743. The SMILES string of the molecule is CC(NCCNC(N)=O)C(=O)N1CCCC1. The molecule has 0 radical (unpaired) electrons. The predicted molar refractivity (Wildman–Crippen MR) is 60.9 cm³/mol.